The Morgan fingerprint density at radius 3 is 2.22 bits per heavy atom. The lowest BCUT2D eigenvalue weighted by Crippen LogP contribution is -2.51. The number of anilines is 1. The zero-order chi connectivity index (χ0) is 25.5. The Labute approximate surface area is 212 Å². The number of piperazine rings is 1. The number of hydrogen-bond acceptors (Lipinski definition) is 7. The Morgan fingerprint density at radius 2 is 1.61 bits per heavy atom. The second kappa shape index (κ2) is 11.8. The molecule has 0 radical (unpaired) electrons. The molecule has 2 heterocycles. The van der Waals surface area contributed by atoms with Crippen LogP contribution in [0.3, 0.4) is 0 Å². The third kappa shape index (κ3) is 5.91. The normalized spacial score (nSPS) is 18.4. The molecule has 2 aromatic carbocycles. The van der Waals surface area contributed by atoms with Crippen molar-refractivity contribution in [1.29, 1.82) is 0 Å². The SMILES string of the molecule is CCOC(=O)C1=C(CN2CCN(c3ccc(OC)cc3)CC2)NC(=O)N[C@H]1c1ccc(OCC)cc1. The number of esters is 1. The fourth-order valence-corrected chi connectivity index (χ4v) is 4.55. The maximum absolute atomic E-state index is 13.1. The number of nitrogens with zero attached hydrogens (tertiary/aromatic N) is 2. The summed E-state index contributed by atoms with van der Waals surface area (Å²) in [7, 11) is 1.66. The smallest absolute Gasteiger partial charge is 0.338 e. The predicted molar refractivity (Wildman–Crippen MR) is 137 cm³/mol. The first-order valence-electron chi connectivity index (χ1n) is 12.3. The minimum Gasteiger partial charge on any atom is -0.497 e. The molecule has 9 nitrogen and oxygen atoms in total. The van der Waals surface area contributed by atoms with E-state index in [1.54, 1.807) is 14.0 Å². The molecule has 4 rings (SSSR count). The molecule has 0 spiro atoms. The monoisotopic (exact) mass is 494 g/mol. The summed E-state index contributed by atoms with van der Waals surface area (Å²) in [6.07, 6.45) is 0. The van der Waals surface area contributed by atoms with Gasteiger partial charge in [-0.25, -0.2) is 9.59 Å². The van der Waals surface area contributed by atoms with Crippen LogP contribution in [0.1, 0.15) is 25.5 Å². The van der Waals surface area contributed by atoms with Gasteiger partial charge in [0, 0.05) is 44.1 Å². The molecule has 2 N–H and O–H groups in total. The van der Waals surface area contributed by atoms with Gasteiger partial charge in [0.15, 0.2) is 0 Å². The second-order valence-electron chi connectivity index (χ2n) is 8.61. The molecule has 0 aromatic heterocycles. The van der Waals surface area contributed by atoms with Gasteiger partial charge in [-0.3, -0.25) is 4.90 Å². The first-order chi connectivity index (χ1) is 17.5. The predicted octanol–water partition coefficient (Wildman–Crippen LogP) is 3.09. The van der Waals surface area contributed by atoms with Gasteiger partial charge in [-0.15, -0.1) is 0 Å². The number of rotatable bonds is 9. The third-order valence-electron chi connectivity index (χ3n) is 6.37. The number of methoxy groups -OCH3 is 1. The fourth-order valence-electron chi connectivity index (χ4n) is 4.55. The van der Waals surface area contributed by atoms with E-state index in [0.717, 1.165) is 48.9 Å². The molecule has 1 saturated heterocycles. The quantitative estimate of drug-likeness (QED) is 0.518. The van der Waals surface area contributed by atoms with Crippen LogP contribution in [0, 0.1) is 0 Å². The topological polar surface area (TPSA) is 92.4 Å². The van der Waals surface area contributed by atoms with Gasteiger partial charge in [0.2, 0.25) is 0 Å². The summed E-state index contributed by atoms with van der Waals surface area (Å²) in [6, 6.07) is 14.5. The summed E-state index contributed by atoms with van der Waals surface area (Å²) in [4.78, 5) is 30.2. The first kappa shape index (κ1) is 25.4. The van der Waals surface area contributed by atoms with Crippen molar-refractivity contribution in [3.8, 4) is 11.5 Å². The van der Waals surface area contributed by atoms with E-state index in [-0.39, 0.29) is 12.6 Å². The average molecular weight is 495 g/mol. The number of hydrogen-bond donors (Lipinski definition) is 2. The number of carbonyl (C=O) groups is 2. The maximum atomic E-state index is 13.1. The van der Waals surface area contributed by atoms with Crippen LogP contribution in [-0.2, 0) is 9.53 Å². The van der Waals surface area contributed by atoms with E-state index in [1.807, 2.05) is 43.3 Å². The Hall–Kier alpha value is -3.72. The summed E-state index contributed by atoms with van der Waals surface area (Å²) < 4.78 is 16.2. The Morgan fingerprint density at radius 1 is 0.944 bits per heavy atom. The van der Waals surface area contributed by atoms with Crippen LogP contribution in [0.5, 0.6) is 11.5 Å². The van der Waals surface area contributed by atoms with Crippen LogP contribution in [0.4, 0.5) is 10.5 Å². The molecule has 2 aliphatic rings. The van der Waals surface area contributed by atoms with Crippen LogP contribution >= 0.6 is 0 Å². The van der Waals surface area contributed by atoms with E-state index < -0.39 is 12.0 Å². The van der Waals surface area contributed by atoms with E-state index in [0.29, 0.717) is 24.4 Å². The Kier molecular flexibility index (Phi) is 8.32. The molecule has 0 aliphatic carbocycles. The lowest BCUT2D eigenvalue weighted by molar-refractivity contribution is -0.139. The summed E-state index contributed by atoms with van der Waals surface area (Å²) in [5.74, 6) is 1.13. The zero-order valence-corrected chi connectivity index (χ0v) is 21.1. The molecular formula is C27H34N4O5. The molecule has 1 fully saturated rings. The lowest BCUT2D eigenvalue weighted by atomic mass is 9.94. The second-order valence-corrected chi connectivity index (χ2v) is 8.61. The minimum absolute atomic E-state index is 0.250. The van der Waals surface area contributed by atoms with Crippen LogP contribution < -0.4 is 25.0 Å². The summed E-state index contributed by atoms with van der Waals surface area (Å²) in [5.41, 5.74) is 2.94. The van der Waals surface area contributed by atoms with Gasteiger partial charge in [0.1, 0.15) is 11.5 Å². The van der Waals surface area contributed by atoms with E-state index >= 15 is 0 Å². The summed E-state index contributed by atoms with van der Waals surface area (Å²) in [5, 5.41) is 5.77. The first-order valence-corrected chi connectivity index (χ1v) is 12.3. The van der Waals surface area contributed by atoms with Crippen molar-refractivity contribution in [3.63, 3.8) is 0 Å². The molecule has 2 amide bonds. The maximum Gasteiger partial charge on any atom is 0.338 e. The summed E-state index contributed by atoms with van der Waals surface area (Å²) in [6.45, 7) is 8.22. The molecule has 0 unspecified atom stereocenters. The molecule has 0 bridgehead atoms. The number of carbonyl (C=O) groups excluding carboxylic acids is 2. The van der Waals surface area contributed by atoms with Crippen LogP contribution in [-0.4, -0.2) is 69.9 Å². The highest BCUT2D eigenvalue weighted by atomic mass is 16.5. The number of ether oxygens (including phenoxy) is 3. The molecule has 1 atom stereocenters. The molecule has 9 heteroatoms. The van der Waals surface area contributed by atoms with Crippen molar-refractivity contribution in [2.45, 2.75) is 19.9 Å². The Bertz CT molecular complexity index is 1080. The number of urea groups is 1. The third-order valence-corrected chi connectivity index (χ3v) is 6.37. The molecule has 36 heavy (non-hydrogen) atoms. The van der Waals surface area contributed by atoms with Crippen LogP contribution in [0.15, 0.2) is 59.8 Å². The van der Waals surface area contributed by atoms with Crippen molar-refractivity contribution in [2.75, 3.05) is 57.9 Å². The van der Waals surface area contributed by atoms with Crippen molar-refractivity contribution < 1.29 is 23.8 Å². The number of benzene rings is 2. The Balaban J connectivity index is 1.52. The molecular weight excluding hydrogens is 460 g/mol. The molecule has 0 saturated carbocycles. The van der Waals surface area contributed by atoms with Crippen LogP contribution in [0.2, 0.25) is 0 Å². The highest BCUT2D eigenvalue weighted by molar-refractivity contribution is 5.95. The molecule has 2 aliphatic heterocycles. The van der Waals surface area contributed by atoms with Crippen molar-refractivity contribution in [1.82, 2.24) is 15.5 Å². The molecule has 192 valence electrons. The van der Waals surface area contributed by atoms with Crippen molar-refractivity contribution in [3.05, 3.63) is 65.4 Å². The van der Waals surface area contributed by atoms with E-state index in [1.165, 1.54) is 0 Å². The van der Waals surface area contributed by atoms with Gasteiger partial charge < -0.3 is 29.7 Å². The number of amides is 2. The van der Waals surface area contributed by atoms with Gasteiger partial charge in [-0.1, -0.05) is 12.1 Å². The molecule has 2 aromatic rings. The number of nitrogens with one attached hydrogen (secondary N) is 2. The van der Waals surface area contributed by atoms with Crippen LogP contribution in [0.25, 0.3) is 0 Å². The minimum atomic E-state index is -0.607. The van der Waals surface area contributed by atoms with Crippen molar-refractivity contribution >= 4 is 17.7 Å². The van der Waals surface area contributed by atoms with Gasteiger partial charge >= 0.3 is 12.0 Å². The fraction of sp³-hybridized carbons (Fsp3) is 0.407. The van der Waals surface area contributed by atoms with E-state index in [2.05, 4.69) is 32.6 Å². The highest BCUT2D eigenvalue weighted by Crippen LogP contribution is 2.30. The summed E-state index contributed by atoms with van der Waals surface area (Å²) >= 11 is 0. The average Bonchev–Trinajstić information content (AvgIpc) is 2.89. The largest absolute Gasteiger partial charge is 0.497 e. The van der Waals surface area contributed by atoms with Gasteiger partial charge in [-0.05, 0) is 55.8 Å². The standard InChI is InChI=1S/C27H34N4O5/c1-4-35-22-10-6-19(7-11-22)25-24(26(32)36-5-2)23(28-27(33)29-25)18-30-14-16-31(17-15-30)20-8-12-21(34-3)13-9-20/h6-13,25H,4-5,14-18H2,1-3H3,(H2,28,29,33)/t25-/m0/s1. The van der Waals surface area contributed by atoms with Gasteiger partial charge in [0.25, 0.3) is 0 Å². The van der Waals surface area contributed by atoms with E-state index in [4.69, 9.17) is 14.2 Å². The highest BCUT2D eigenvalue weighted by Gasteiger charge is 2.34. The van der Waals surface area contributed by atoms with E-state index in [9.17, 15) is 9.59 Å². The zero-order valence-electron chi connectivity index (χ0n) is 21.1. The van der Waals surface area contributed by atoms with Gasteiger partial charge in [-0.2, -0.15) is 0 Å². The van der Waals surface area contributed by atoms with Crippen molar-refractivity contribution in [2.24, 2.45) is 0 Å². The van der Waals surface area contributed by atoms with Gasteiger partial charge in [0.05, 0.1) is 31.9 Å². The lowest BCUT2D eigenvalue weighted by Gasteiger charge is -2.38.